The van der Waals surface area contributed by atoms with Gasteiger partial charge in [-0.25, -0.2) is 0 Å². The van der Waals surface area contributed by atoms with Crippen LogP contribution < -0.4 is 0 Å². The summed E-state index contributed by atoms with van der Waals surface area (Å²) in [6, 6.07) is 9.50. The maximum Gasteiger partial charge on any atom is 0.0974 e. The molecule has 3 aliphatic carbocycles. The van der Waals surface area contributed by atoms with Crippen molar-refractivity contribution in [2.24, 2.45) is 11.3 Å². The lowest BCUT2D eigenvalue weighted by Gasteiger charge is -2.55. The molecule has 4 fully saturated rings. The van der Waals surface area contributed by atoms with E-state index < -0.39 is 12.2 Å². The fourth-order valence-electron chi connectivity index (χ4n) is 9.66. The normalized spacial score (nSPS) is 44.8. The molecule has 2 saturated heterocycles. The first kappa shape index (κ1) is 22.9. The molecule has 2 aromatic rings. The number of allylic oxidation sites excluding steroid dienone is 1. The third-order valence-electron chi connectivity index (χ3n) is 11.5. The van der Waals surface area contributed by atoms with Gasteiger partial charge >= 0.3 is 0 Å². The van der Waals surface area contributed by atoms with E-state index in [-0.39, 0.29) is 16.6 Å². The first-order valence-electron chi connectivity index (χ1n) is 14.5. The molecule has 2 spiro atoms. The molecule has 6 aliphatic rings. The standard InChI is InChI=1S/C32H38N2O3/c1-30-10-8-24-15-23-4-5-25(34-18-27(35)28(36)19-34)16-31(23)11-12-32(24,37-31)29(30)7-6-26(30)21-3-2-20-9-13-33-17-22(20)14-21/h2-3,8-9,13-15,17,25-29,35-36H,4-7,10-12,16,18-19H2,1H3/t25-,26-,27+,28+,29-,30-,31-,32-/m1/s1. The summed E-state index contributed by atoms with van der Waals surface area (Å²) in [6.07, 6.45) is 16.7. The zero-order valence-corrected chi connectivity index (χ0v) is 21.8. The minimum absolute atomic E-state index is 0.157. The van der Waals surface area contributed by atoms with E-state index in [2.05, 4.69) is 53.2 Å². The second kappa shape index (κ2) is 7.75. The maximum absolute atomic E-state index is 10.2. The van der Waals surface area contributed by atoms with Gasteiger partial charge in [0.05, 0.1) is 23.4 Å². The Labute approximate surface area is 219 Å². The molecule has 0 unspecified atom stereocenters. The Kier molecular flexibility index (Phi) is 4.80. The van der Waals surface area contributed by atoms with Crippen LogP contribution in [0.4, 0.5) is 0 Å². The predicted molar refractivity (Wildman–Crippen MR) is 143 cm³/mol. The molecule has 8 rings (SSSR count). The minimum Gasteiger partial charge on any atom is -0.389 e. The Morgan fingerprint density at radius 3 is 2.76 bits per heavy atom. The molecule has 0 amide bonds. The number of nitrogens with zero attached hydrogens (tertiary/aromatic N) is 2. The summed E-state index contributed by atoms with van der Waals surface area (Å²) < 4.78 is 7.46. The van der Waals surface area contributed by atoms with E-state index in [4.69, 9.17) is 4.74 Å². The first-order valence-corrected chi connectivity index (χ1v) is 14.5. The number of ether oxygens (including phenoxy) is 1. The third kappa shape index (κ3) is 3.09. The highest BCUT2D eigenvalue weighted by molar-refractivity contribution is 5.82. The highest BCUT2D eigenvalue weighted by atomic mass is 16.5. The summed E-state index contributed by atoms with van der Waals surface area (Å²) in [6.45, 7) is 3.71. The molecule has 4 heterocycles. The number of rotatable bonds is 2. The van der Waals surface area contributed by atoms with Crippen LogP contribution in [-0.2, 0) is 4.74 Å². The number of aromatic nitrogens is 1. The van der Waals surface area contributed by atoms with Gasteiger partial charge < -0.3 is 14.9 Å². The van der Waals surface area contributed by atoms with Crippen molar-refractivity contribution in [3.63, 3.8) is 0 Å². The molecule has 5 nitrogen and oxygen atoms in total. The van der Waals surface area contributed by atoms with Gasteiger partial charge in [0.1, 0.15) is 0 Å². The fourth-order valence-corrected chi connectivity index (χ4v) is 9.66. The molecule has 2 saturated carbocycles. The molecule has 194 valence electrons. The van der Waals surface area contributed by atoms with E-state index in [0.717, 1.165) is 38.5 Å². The van der Waals surface area contributed by atoms with Gasteiger partial charge in [-0.15, -0.1) is 0 Å². The molecule has 37 heavy (non-hydrogen) atoms. The van der Waals surface area contributed by atoms with Crippen LogP contribution in [0.25, 0.3) is 10.8 Å². The van der Waals surface area contributed by atoms with Gasteiger partial charge in [-0.3, -0.25) is 9.88 Å². The van der Waals surface area contributed by atoms with E-state index in [1.807, 2.05) is 12.4 Å². The third-order valence-corrected chi connectivity index (χ3v) is 11.5. The van der Waals surface area contributed by atoms with Gasteiger partial charge in [0.15, 0.2) is 0 Å². The van der Waals surface area contributed by atoms with Gasteiger partial charge in [0.2, 0.25) is 0 Å². The number of benzene rings is 1. The zero-order valence-electron chi connectivity index (χ0n) is 21.8. The molecule has 5 heteroatoms. The van der Waals surface area contributed by atoms with Gasteiger partial charge in [0, 0.05) is 36.9 Å². The number of aliphatic hydroxyl groups is 2. The Balaban J connectivity index is 1.12. The second-order valence-electron chi connectivity index (χ2n) is 13.2. The van der Waals surface area contributed by atoms with Crippen molar-refractivity contribution in [1.82, 2.24) is 9.88 Å². The van der Waals surface area contributed by atoms with E-state index >= 15 is 0 Å². The molecule has 2 bridgehead atoms. The summed E-state index contributed by atoms with van der Waals surface area (Å²) in [5.74, 6) is 1.06. The Bertz CT molecular complexity index is 1330. The lowest BCUT2D eigenvalue weighted by Crippen LogP contribution is -2.55. The lowest BCUT2D eigenvalue weighted by atomic mass is 9.58. The van der Waals surface area contributed by atoms with Crippen molar-refractivity contribution in [1.29, 1.82) is 0 Å². The fraction of sp³-hybridized carbons (Fsp3) is 0.594. The largest absolute Gasteiger partial charge is 0.389 e. The molecule has 2 N–H and O–H groups in total. The van der Waals surface area contributed by atoms with Crippen LogP contribution in [0.1, 0.15) is 69.8 Å². The van der Waals surface area contributed by atoms with Crippen molar-refractivity contribution in [2.45, 2.75) is 93.7 Å². The van der Waals surface area contributed by atoms with Crippen molar-refractivity contribution in [3.8, 4) is 0 Å². The summed E-state index contributed by atoms with van der Waals surface area (Å²) in [7, 11) is 0. The van der Waals surface area contributed by atoms with Crippen LogP contribution in [0.5, 0.6) is 0 Å². The van der Waals surface area contributed by atoms with Gasteiger partial charge in [-0.2, -0.15) is 0 Å². The number of aliphatic hydroxyl groups excluding tert-OH is 2. The van der Waals surface area contributed by atoms with Gasteiger partial charge in [-0.1, -0.05) is 31.2 Å². The number of hydrogen-bond donors (Lipinski definition) is 2. The SMILES string of the molecule is C[C@]12CC=C3C=C4CC[C@@H](N5C[C@H](O)[C@@H](O)C5)C[C@]45CC[C@]3(O5)[C@@H]1CC[C@@H]2c1ccc2ccncc2c1. The van der Waals surface area contributed by atoms with Crippen LogP contribution >= 0.6 is 0 Å². The van der Waals surface area contributed by atoms with Crippen molar-refractivity contribution in [2.75, 3.05) is 13.1 Å². The van der Waals surface area contributed by atoms with E-state index in [1.165, 1.54) is 40.3 Å². The average molecular weight is 499 g/mol. The Morgan fingerprint density at radius 2 is 1.89 bits per heavy atom. The predicted octanol–water partition coefficient (Wildman–Crippen LogP) is 4.88. The van der Waals surface area contributed by atoms with Gasteiger partial charge in [0.25, 0.3) is 0 Å². The highest BCUT2D eigenvalue weighted by Gasteiger charge is 2.66. The van der Waals surface area contributed by atoms with E-state index in [1.54, 1.807) is 0 Å². The zero-order chi connectivity index (χ0) is 25.0. The Morgan fingerprint density at radius 1 is 1.03 bits per heavy atom. The average Bonchev–Trinajstić information content (AvgIpc) is 3.54. The number of likely N-dealkylation sites (tertiary alicyclic amines) is 1. The Hall–Kier alpha value is -2.05. The number of pyridine rings is 1. The highest BCUT2D eigenvalue weighted by Crippen LogP contribution is 2.69. The topological polar surface area (TPSA) is 65.8 Å². The van der Waals surface area contributed by atoms with Gasteiger partial charge in [-0.05, 0) is 103 Å². The molecule has 1 aromatic heterocycles. The van der Waals surface area contributed by atoms with Crippen molar-refractivity contribution < 1.29 is 14.9 Å². The monoisotopic (exact) mass is 498 g/mol. The smallest absolute Gasteiger partial charge is 0.0974 e. The molecule has 0 radical (unpaired) electrons. The molecule has 1 aromatic carbocycles. The minimum atomic E-state index is -0.619. The number of fused-ring (bicyclic) bond motifs is 2. The second-order valence-corrected chi connectivity index (χ2v) is 13.2. The van der Waals surface area contributed by atoms with Crippen LogP contribution in [0.2, 0.25) is 0 Å². The van der Waals surface area contributed by atoms with E-state index in [0.29, 0.717) is 31.0 Å². The quantitative estimate of drug-likeness (QED) is 0.618. The summed E-state index contributed by atoms with van der Waals surface area (Å²) in [4.78, 5) is 6.70. The molecule has 3 aliphatic heterocycles. The number of hydrogen-bond acceptors (Lipinski definition) is 5. The summed E-state index contributed by atoms with van der Waals surface area (Å²) in [5.41, 5.74) is 4.30. The van der Waals surface area contributed by atoms with Crippen molar-refractivity contribution >= 4 is 10.8 Å². The summed E-state index contributed by atoms with van der Waals surface area (Å²) >= 11 is 0. The molecular formula is C32H38N2O3. The van der Waals surface area contributed by atoms with Crippen LogP contribution in [0.15, 0.2) is 60.0 Å². The maximum atomic E-state index is 10.2. The van der Waals surface area contributed by atoms with Crippen LogP contribution in [-0.4, -0.2) is 62.6 Å². The van der Waals surface area contributed by atoms with Crippen LogP contribution in [0, 0.1) is 11.3 Å². The number of β-amino-alcohol motifs (C(OH)–C–C–N with tert-alkyl or cyclic N) is 2. The molecule has 8 atom stereocenters. The van der Waals surface area contributed by atoms with Crippen LogP contribution in [0.3, 0.4) is 0 Å². The van der Waals surface area contributed by atoms with E-state index in [9.17, 15) is 10.2 Å². The molecular weight excluding hydrogens is 460 g/mol. The van der Waals surface area contributed by atoms with Crippen molar-refractivity contribution in [3.05, 3.63) is 65.5 Å². The summed E-state index contributed by atoms with van der Waals surface area (Å²) in [5, 5.41) is 22.9. The lowest BCUT2D eigenvalue weighted by molar-refractivity contribution is -0.140. The first-order chi connectivity index (χ1) is 17.9.